The van der Waals surface area contributed by atoms with Gasteiger partial charge in [0, 0.05) is 5.41 Å². The van der Waals surface area contributed by atoms with Gasteiger partial charge >= 0.3 is 0 Å². The van der Waals surface area contributed by atoms with Crippen LogP contribution < -0.4 is 9.83 Å². The van der Waals surface area contributed by atoms with Crippen molar-refractivity contribution in [3.63, 3.8) is 0 Å². The molecule has 19 heavy (non-hydrogen) atoms. The Labute approximate surface area is 113 Å². The van der Waals surface area contributed by atoms with Crippen molar-refractivity contribution in [1.29, 1.82) is 0 Å². The number of rotatable bonds is 6. The van der Waals surface area contributed by atoms with Crippen molar-refractivity contribution >= 4 is 22.1 Å². The second-order valence-corrected chi connectivity index (χ2v) is 6.01. The molecule has 0 bridgehead atoms. The Kier molecular flexibility index (Phi) is 5.26. The van der Waals surface area contributed by atoms with Gasteiger partial charge in [0.2, 0.25) is 10.0 Å². The Bertz CT molecular complexity index is 549. The predicted molar refractivity (Wildman–Crippen MR) is 71.2 cm³/mol. The monoisotopic (exact) mass is 282 g/mol. The minimum absolute atomic E-state index is 0.398. The van der Waals surface area contributed by atoms with E-state index in [2.05, 4.69) is 4.72 Å². The van der Waals surface area contributed by atoms with Crippen molar-refractivity contribution in [3.8, 4) is 0 Å². The first kappa shape index (κ1) is 15.4. The molecule has 5 nitrogen and oxygen atoms in total. The fraction of sp³-hybridized carbons (Fsp3) is 0.308. The molecule has 0 unspecified atom stereocenters. The van der Waals surface area contributed by atoms with Gasteiger partial charge in [-0.1, -0.05) is 44.2 Å². The average molecular weight is 282 g/mol. The maximum Gasteiger partial charge on any atom is 0.234 e. The predicted octanol–water partition coefficient (Wildman–Crippen LogP) is 0.351. The van der Waals surface area contributed by atoms with Crippen molar-refractivity contribution in [2.75, 3.05) is 0 Å². The van der Waals surface area contributed by atoms with E-state index in [-0.39, 0.29) is 0 Å². The lowest BCUT2D eigenvalue weighted by Crippen LogP contribution is -2.50. The molecule has 0 spiro atoms. The van der Waals surface area contributed by atoms with Crippen LogP contribution in [0.15, 0.2) is 35.7 Å². The van der Waals surface area contributed by atoms with Gasteiger partial charge in [0.15, 0.2) is 0 Å². The zero-order valence-electron chi connectivity index (χ0n) is 10.7. The molecule has 1 N–H and O–H groups in total. The van der Waals surface area contributed by atoms with Crippen molar-refractivity contribution in [3.05, 3.63) is 41.3 Å². The lowest BCUT2D eigenvalue weighted by atomic mass is 10.1. The van der Waals surface area contributed by atoms with E-state index < -0.39 is 28.0 Å². The zero-order valence-corrected chi connectivity index (χ0v) is 11.6. The van der Waals surface area contributed by atoms with E-state index in [1.165, 1.54) is 6.08 Å². The van der Waals surface area contributed by atoms with Gasteiger partial charge in [-0.25, -0.2) is 13.1 Å². The first-order valence-corrected chi connectivity index (χ1v) is 7.33. The number of carboxylic acids is 1. The molecule has 0 aliphatic heterocycles. The second kappa shape index (κ2) is 6.49. The van der Waals surface area contributed by atoms with Gasteiger partial charge in [0.05, 0.1) is 12.0 Å². The van der Waals surface area contributed by atoms with Gasteiger partial charge in [-0.05, 0) is 17.6 Å². The van der Waals surface area contributed by atoms with Crippen LogP contribution >= 0.6 is 0 Å². The summed E-state index contributed by atoms with van der Waals surface area (Å²) in [5, 5.41) is 11.8. The number of sulfonamides is 1. The minimum atomic E-state index is -3.82. The maximum absolute atomic E-state index is 11.7. The van der Waals surface area contributed by atoms with Crippen molar-refractivity contribution in [1.82, 2.24) is 4.72 Å². The number of aliphatic carboxylic acids is 1. The Morgan fingerprint density at radius 3 is 2.32 bits per heavy atom. The molecule has 1 atom stereocenters. The molecule has 0 radical (unpaired) electrons. The molecule has 0 saturated carbocycles. The standard InChI is InChI=1S/C13H17NO4S/c1-10(2)12(13(15)16)14-19(17,18)9-8-11-6-4-3-5-7-11/h3-10,12,14H,1-2H3,(H,15,16)/p-1/b9-8+/t12-/m0/s1. The van der Waals surface area contributed by atoms with Crippen LogP contribution in [-0.4, -0.2) is 20.4 Å². The topological polar surface area (TPSA) is 86.3 Å². The van der Waals surface area contributed by atoms with Crippen LogP contribution in [0.4, 0.5) is 0 Å². The second-order valence-electron chi connectivity index (χ2n) is 4.42. The van der Waals surface area contributed by atoms with E-state index in [0.717, 1.165) is 5.41 Å². The highest BCUT2D eigenvalue weighted by atomic mass is 32.2. The highest BCUT2D eigenvalue weighted by molar-refractivity contribution is 7.92. The Morgan fingerprint density at radius 1 is 1.26 bits per heavy atom. The quantitative estimate of drug-likeness (QED) is 0.815. The molecule has 0 aliphatic rings. The molecular weight excluding hydrogens is 266 g/mol. The Morgan fingerprint density at radius 2 is 1.84 bits per heavy atom. The summed E-state index contributed by atoms with van der Waals surface area (Å²) >= 11 is 0. The van der Waals surface area contributed by atoms with Crippen LogP contribution in [0, 0.1) is 5.92 Å². The van der Waals surface area contributed by atoms with E-state index in [0.29, 0.717) is 5.56 Å². The van der Waals surface area contributed by atoms with Crippen LogP contribution in [0.1, 0.15) is 19.4 Å². The largest absolute Gasteiger partial charge is 0.548 e. The highest BCUT2D eigenvalue weighted by Crippen LogP contribution is 2.06. The minimum Gasteiger partial charge on any atom is -0.548 e. The van der Waals surface area contributed by atoms with Gasteiger partial charge in [-0.3, -0.25) is 0 Å². The van der Waals surface area contributed by atoms with Crippen LogP contribution in [0.5, 0.6) is 0 Å². The van der Waals surface area contributed by atoms with Gasteiger partial charge < -0.3 is 9.90 Å². The van der Waals surface area contributed by atoms with Gasteiger partial charge in [-0.2, -0.15) is 0 Å². The van der Waals surface area contributed by atoms with E-state index in [9.17, 15) is 18.3 Å². The molecule has 6 heteroatoms. The normalized spacial score (nSPS) is 13.8. The molecule has 0 aliphatic carbocycles. The summed E-state index contributed by atoms with van der Waals surface area (Å²) in [5.74, 6) is -1.84. The number of carboxylic acid groups (broad SMARTS) is 1. The third kappa shape index (κ3) is 5.23. The van der Waals surface area contributed by atoms with Gasteiger partial charge in [0.1, 0.15) is 0 Å². The number of carbonyl (C=O) groups is 1. The smallest absolute Gasteiger partial charge is 0.234 e. The lowest BCUT2D eigenvalue weighted by Gasteiger charge is -2.21. The maximum atomic E-state index is 11.7. The molecule has 1 aromatic rings. The Balaban J connectivity index is 2.82. The molecule has 0 aromatic heterocycles. The molecule has 104 valence electrons. The van der Waals surface area contributed by atoms with E-state index in [1.807, 2.05) is 6.07 Å². The molecular formula is C13H16NO4S-. The zero-order chi connectivity index (χ0) is 14.5. The number of hydrogen-bond donors (Lipinski definition) is 1. The summed E-state index contributed by atoms with van der Waals surface area (Å²) in [6, 6.07) is 7.60. The molecule has 0 heterocycles. The summed E-state index contributed by atoms with van der Waals surface area (Å²) in [6.45, 7) is 3.20. The highest BCUT2D eigenvalue weighted by Gasteiger charge is 2.19. The number of benzene rings is 1. The van der Waals surface area contributed by atoms with E-state index in [1.54, 1.807) is 38.1 Å². The first-order valence-electron chi connectivity index (χ1n) is 5.78. The van der Waals surface area contributed by atoms with Crippen LogP contribution in [0.2, 0.25) is 0 Å². The molecule has 0 amide bonds. The van der Waals surface area contributed by atoms with Crippen molar-refractivity contribution in [2.24, 2.45) is 5.92 Å². The van der Waals surface area contributed by atoms with E-state index >= 15 is 0 Å². The van der Waals surface area contributed by atoms with E-state index in [4.69, 9.17) is 0 Å². The summed E-state index contributed by atoms with van der Waals surface area (Å²) in [4.78, 5) is 10.8. The third-order valence-electron chi connectivity index (χ3n) is 2.45. The number of carbonyl (C=O) groups excluding carboxylic acids is 1. The summed E-state index contributed by atoms with van der Waals surface area (Å²) in [7, 11) is -3.82. The third-order valence-corrected chi connectivity index (χ3v) is 3.53. The molecule has 1 rings (SSSR count). The lowest BCUT2D eigenvalue weighted by molar-refractivity contribution is -0.309. The molecule has 0 fully saturated rings. The number of nitrogens with one attached hydrogen (secondary N) is 1. The fourth-order valence-corrected chi connectivity index (χ4v) is 2.54. The summed E-state index contributed by atoms with van der Waals surface area (Å²) in [5.41, 5.74) is 0.711. The molecule has 1 aromatic carbocycles. The van der Waals surface area contributed by atoms with Crippen molar-refractivity contribution in [2.45, 2.75) is 19.9 Å². The van der Waals surface area contributed by atoms with Crippen molar-refractivity contribution < 1.29 is 18.3 Å². The first-order chi connectivity index (χ1) is 8.82. The fourth-order valence-electron chi connectivity index (χ4n) is 1.40. The average Bonchev–Trinajstić information content (AvgIpc) is 2.34. The summed E-state index contributed by atoms with van der Waals surface area (Å²) in [6.07, 6.45) is 1.40. The van der Waals surface area contributed by atoms with Crippen LogP contribution in [0.3, 0.4) is 0 Å². The number of hydrogen-bond acceptors (Lipinski definition) is 4. The summed E-state index contributed by atoms with van der Waals surface area (Å²) < 4.78 is 25.6. The molecule has 0 saturated heterocycles. The van der Waals surface area contributed by atoms with Gasteiger partial charge in [-0.15, -0.1) is 0 Å². The van der Waals surface area contributed by atoms with Crippen LogP contribution in [-0.2, 0) is 14.8 Å². The Hall–Kier alpha value is -1.66. The SMILES string of the molecule is CC(C)[C@H](NS(=O)(=O)/C=C/c1ccccc1)C(=O)[O-]. The van der Waals surface area contributed by atoms with Gasteiger partial charge in [0.25, 0.3) is 0 Å². The van der Waals surface area contributed by atoms with Crippen LogP contribution in [0.25, 0.3) is 6.08 Å².